The molecule has 0 radical (unpaired) electrons. The van der Waals surface area contributed by atoms with Crippen molar-refractivity contribution in [1.82, 2.24) is 5.16 Å². The first-order chi connectivity index (χ1) is 11.1. The molecule has 116 valence electrons. The number of aromatic nitrogens is 1. The van der Waals surface area contributed by atoms with Crippen LogP contribution in [0.25, 0.3) is 11.3 Å². The van der Waals surface area contributed by atoms with Gasteiger partial charge in [-0.05, 0) is 42.0 Å². The largest absolute Gasteiger partial charge is 0.489 e. The summed E-state index contributed by atoms with van der Waals surface area (Å²) < 4.78 is 23.1. The number of hydrogen-bond acceptors (Lipinski definition) is 4. The molecule has 0 fully saturated rings. The van der Waals surface area contributed by atoms with Gasteiger partial charge >= 0.3 is 5.97 Å². The number of rotatable bonds is 5. The quantitative estimate of drug-likeness (QED) is 0.776. The molecule has 0 unspecified atom stereocenters. The van der Waals surface area contributed by atoms with Crippen molar-refractivity contribution in [3.63, 3.8) is 0 Å². The number of ether oxygens (including phenoxy) is 1. The molecule has 0 aliphatic rings. The van der Waals surface area contributed by atoms with Crippen molar-refractivity contribution in [2.24, 2.45) is 0 Å². The highest BCUT2D eigenvalue weighted by molar-refractivity contribution is 5.94. The number of carbonyl (C=O) groups is 1. The maximum Gasteiger partial charge on any atom is 0.341 e. The van der Waals surface area contributed by atoms with E-state index >= 15 is 0 Å². The number of hydrogen-bond donors (Lipinski definition) is 1. The first kappa shape index (κ1) is 14.8. The van der Waals surface area contributed by atoms with E-state index in [9.17, 15) is 9.18 Å². The van der Waals surface area contributed by atoms with E-state index in [2.05, 4.69) is 5.16 Å². The monoisotopic (exact) mass is 313 g/mol. The Morgan fingerprint density at radius 1 is 1.13 bits per heavy atom. The van der Waals surface area contributed by atoms with Crippen molar-refractivity contribution < 1.29 is 23.6 Å². The van der Waals surface area contributed by atoms with Gasteiger partial charge in [-0.2, -0.15) is 0 Å². The SMILES string of the molecule is O=C(O)c1conc1-c1ccc(OCc2ccc(F)cc2)cc1. The average Bonchev–Trinajstić information content (AvgIpc) is 3.05. The molecule has 0 atom stereocenters. The number of aromatic carboxylic acids is 1. The van der Waals surface area contributed by atoms with Crippen molar-refractivity contribution in [3.05, 3.63) is 71.7 Å². The van der Waals surface area contributed by atoms with Crippen LogP contribution in [0.2, 0.25) is 0 Å². The summed E-state index contributed by atoms with van der Waals surface area (Å²) in [5.41, 5.74) is 1.73. The molecule has 1 heterocycles. The number of benzene rings is 2. The van der Waals surface area contributed by atoms with Gasteiger partial charge in [0.25, 0.3) is 0 Å². The molecule has 0 saturated carbocycles. The Balaban J connectivity index is 1.71. The van der Waals surface area contributed by atoms with Crippen LogP contribution in [-0.4, -0.2) is 16.2 Å². The van der Waals surface area contributed by atoms with Crippen molar-refractivity contribution in [1.29, 1.82) is 0 Å². The van der Waals surface area contributed by atoms with Crippen LogP contribution < -0.4 is 4.74 Å². The van der Waals surface area contributed by atoms with E-state index in [-0.39, 0.29) is 17.1 Å². The second-order valence-corrected chi connectivity index (χ2v) is 4.82. The summed E-state index contributed by atoms with van der Waals surface area (Å²) in [6.45, 7) is 0.309. The van der Waals surface area contributed by atoms with Crippen LogP contribution in [0.15, 0.2) is 59.3 Å². The Morgan fingerprint density at radius 3 is 2.48 bits per heavy atom. The van der Waals surface area contributed by atoms with Crippen molar-refractivity contribution in [3.8, 4) is 17.0 Å². The lowest BCUT2D eigenvalue weighted by molar-refractivity contribution is 0.0697. The molecule has 3 rings (SSSR count). The topological polar surface area (TPSA) is 72.6 Å². The highest BCUT2D eigenvalue weighted by Gasteiger charge is 2.16. The predicted molar refractivity (Wildman–Crippen MR) is 79.6 cm³/mol. The Hall–Kier alpha value is -3.15. The zero-order chi connectivity index (χ0) is 16.2. The van der Waals surface area contributed by atoms with E-state index in [1.807, 2.05) is 0 Å². The molecule has 1 aromatic heterocycles. The summed E-state index contributed by atoms with van der Waals surface area (Å²) in [5.74, 6) is -0.781. The lowest BCUT2D eigenvalue weighted by Crippen LogP contribution is -1.97. The fraction of sp³-hybridized carbons (Fsp3) is 0.0588. The third-order valence-corrected chi connectivity index (χ3v) is 3.25. The van der Waals surface area contributed by atoms with Crippen LogP contribution in [0.4, 0.5) is 4.39 Å². The van der Waals surface area contributed by atoms with Crippen LogP contribution in [0.3, 0.4) is 0 Å². The molecule has 0 aliphatic carbocycles. The standard InChI is InChI=1S/C17H12FNO4/c18-13-5-1-11(2-6-13)9-22-14-7-3-12(4-8-14)16-15(17(20)21)10-23-19-16/h1-8,10H,9H2,(H,20,21). The summed E-state index contributed by atoms with van der Waals surface area (Å²) in [6, 6.07) is 12.9. The van der Waals surface area contributed by atoms with E-state index in [0.717, 1.165) is 11.8 Å². The van der Waals surface area contributed by atoms with Gasteiger partial charge in [-0.15, -0.1) is 0 Å². The highest BCUT2D eigenvalue weighted by Crippen LogP contribution is 2.25. The van der Waals surface area contributed by atoms with E-state index < -0.39 is 5.97 Å². The van der Waals surface area contributed by atoms with Gasteiger partial charge in [-0.25, -0.2) is 9.18 Å². The van der Waals surface area contributed by atoms with E-state index in [1.54, 1.807) is 36.4 Å². The second kappa shape index (κ2) is 6.31. The molecule has 2 aromatic carbocycles. The van der Waals surface area contributed by atoms with Crippen molar-refractivity contribution in [2.75, 3.05) is 0 Å². The van der Waals surface area contributed by atoms with Gasteiger partial charge in [0.05, 0.1) is 0 Å². The predicted octanol–water partition coefficient (Wildman–Crippen LogP) is 3.76. The molecular weight excluding hydrogens is 301 g/mol. The first-order valence-corrected chi connectivity index (χ1v) is 6.79. The molecule has 23 heavy (non-hydrogen) atoms. The van der Waals surface area contributed by atoms with Gasteiger partial charge in [0.15, 0.2) is 0 Å². The average molecular weight is 313 g/mol. The molecular formula is C17H12FNO4. The van der Waals surface area contributed by atoms with E-state index in [4.69, 9.17) is 14.4 Å². The lowest BCUT2D eigenvalue weighted by atomic mass is 10.1. The highest BCUT2D eigenvalue weighted by atomic mass is 19.1. The van der Waals surface area contributed by atoms with Crippen molar-refractivity contribution >= 4 is 5.97 Å². The Kier molecular flexibility index (Phi) is 4.05. The maximum atomic E-state index is 12.8. The molecule has 6 heteroatoms. The molecule has 0 bridgehead atoms. The molecule has 0 amide bonds. The Bertz CT molecular complexity index is 809. The number of nitrogens with zero attached hydrogens (tertiary/aromatic N) is 1. The van der Waals surface area contributed by atoms with Crippen LogP contribution in [0.1, 0.15) is 15.9 Å². The summed E-state index contributed by atoms with van der Waals surface area (Å²) in [6.07, 6.45) is 1.09. The van der Waals surface area contributed by atoms with Gasteiger partial charge in [0, 0.05) is 5.56 Å². The van der Waals surface area contributed by atoms with Crippen LogP contribution in [0, 0.1) is 5.82 Å². The molecule has 1 N–H and O–H groups in total. The minimum Gasteiger partial charge on any atom is -0.489 e. The fourth-order valence-electron chi connectivity index (χ4n) is 2.05. The normalized spacial score (nSPS) is 10.5. The minimum atomic E-state index is -1.10. The summed E-state index contributed by atoms with van der Waals surface area (Å²) >= 11 is 0. The van der Waals surface area contributed by atoms with E-state index in [1.165, 1.54) is 12.1 Å². The first-order valence-electron chi connectivity index (χ1n) is 6.79. The number of carboxylic acids is 1. The van der Waals surface area contributed by atoms with Gasteiger partial charge in [-0.1, -0.05) is 17.3 Å². The maximum absolute atomic E-state index is 12.8. The van der Waals surface area contributed by atoms with Gasteiger partial charge in [0.1, 0.15) is 35.7 Å². The van der Waals surface area contributed by atoms with Crippen molar-refractivity contribution in [2.45, 2.75) is 6.61 Å². The van der Waals surface area contributed by atoms with Gasteiger partial charge in [-0.3, -0.25) is 0 Å². The fourth-order valence-corrected chi connectivity index (χ4v) is 2.05. The summed E-state index contributed by atoms with van der Waals surface area (Å²) in [4.78, 5) is 11.1. The zero-order valence-electron chi connectivity index (χ0n) is 11.9. The summed E-state index contributed by atoms with van der Waals surface area (Å²) in [5, 5.41) is 12.8. The van der Waals surface area contributed by atoms with Crippen LogP contribution in [-0.2, 0) is 6.61 Å². The molecule has 0 spiro atoms. The molecule has 5 nitrogen and oxygen atoms in total. The molecule has 0 aliphatic heterocycles. The van der Waals surface area contributed by atoms with Gasteiger partial charge in [0.2, 0.25) is 0 Å². The van der Waals surface area contributed by atoms with Crippen LogP contribution >= 0.6 is 0 Å². The van der Waals surface area contributed by atoms with Gasteiger partial charge < -0.3 is 14.4 Å². The molecule has 0 saturated heterocycles. The second-order valence-electron chi connectivity index (χ2n) is 4.82. The Labute approximate surface area is 130 Å². The number of halogens is 1. The lowest BCUT2D eigenvalue weighted by Gasteiger charge is -2.07. The third kappa shape index (κ3) is 3.37. The van der Waals surface area contributed by atoms with Crippen LogP contribution in [0.5, 0.6) is 5.75 Å². The minimum absolute atomic E-state index is 0.00461. The van der Waals surface area contributed by atoms with E-state index in [0.29, 0.717) is 17.9 Å². The number of carboxylic acid groups (broad SMARTS) is 1. The Morgan fingerprint density at radius 2 is 1.83 bits per heavy atom. The smallest absolute Gasteiger partial charge is 0.341 e. The third-order valence-electron chi connectivity index (χ3n) is 3.25. The summed E-state index contributed by atoms with van der Waals surface area (Å²) in [7, 11) is 0. The molecule has 3 aromatic rings. The zero-order valence-corrected chi connectivity index (χ0v) is 11.9.